The van der Waals surface area contributed by atoms with Crippen molar-refractivity contribution < 1.29 is 24.8 Å². The lowest BCUT2D eigenvalue weighted by molar-refractivity contribution is -0.0982. The normalized spacial score (nSPS) is 12.4. The van der Waals surface area contributed by atoms with Gasteiger partial charge in [-0.15, -0.1) is 0 Å². The van der Waals surface area contributed by atoms with E-state index in [4.69, 9.17) is 14.7 Å². The molecule has 4 N–H and O–H groups in total. The average Bonchev–Trinajstić information content (AvgIpc) is 2.27. The van der Waals surface area contributed by atoms with Crippen molar-refractivity contribution in [2.75, 3.05) is 0 Å². The smallest absolute Gasteiger partial charge is 0.423 e. The quantitative estimate of drug-likeness (QED) is 0.493. The van der Waals surface area contributed by atoms with Crippen LogP contribution in [0, 0.1) is 0 Å². The third-order valence-corrected chi connectivity index (χ3v) is 3.40. The Kier molecular flexibility index (Phi) is 4.81. The van der Waals surface area contributed by atoms with Crippen molar-refractivity contribution in [3.05, 3.63) is 24.3 Å². The largest absolute Gasteiger partial charge is 0.491 e. The van der Waals surface area contributed by atoms with E-state index in [0.29, 0.717) is 10.9 Å². The Bertz CT molecular complexity index is 411. The predicted octanol–water partition coefficient (Wildman–Crippen LogP) is -1.38. The summed E-state index contributed by atoms with van der Waals surface area (Å²) in [5.74, 6) is 0. The second-order valence-corrected chi connectivity index (χ2v) is 5.58. The predicted molar refractivity (Wildman–Crippen MR) is 75.3 cm³/mol. The highest BCUT2D eigenvalue weighted by molar-refractivity contribution is 6.61. The Morgan fingerprint density at radius 3 is 1.68 bits per heavy atom. The first-order chi connectivity index (χ1) is 8.54. The minimum atomic E-state index is -1.54. The molecule has 0 spiro atoms. The lowest BCUT2D eigenvalue weighted by atomic mass is 9.73. The molecule has 0 aromatic heterocycles. The Morgan fingerprint density at radius 1 is 0.895 bits per heavy atom. The molecule has 1 aromatic rings. The summed E-state index contributed by atoms with van der Waals surface area (Å²) >= 11 is 0. The van der Waals surface area contributed by atoms with Crippen LogP contribution in [0.15, 0.2) is 24.3 Å². The van der Waals surface area contributed by atoms with Gasteiger partial charge in [0, 0.05) is 0 Å². The minimum Gasteiger partial charge on any atom is -0.423 e. The number of hydrogen-bond donors (Lipinski definition) is 4. The molecule has 104 valence electrons. The fraction of sp³-hybridized carbons (Fsp3) is 0.500. The summed E-state index contributed by atoms with van der Waals surface area (Å²) < 4.78 is 5.47. The number of rotatable bonds is 5. The molecule has 0 unspecified atom stereocenters. The number of hydrogen-bond acceptors (Lipinski definition) is 5. The molecule has 0 radical (unpaired) electrons. The van der Waals surface area contributed by atoms with E-state index in [1.54, 1.807) is 39.8 Å². The first-order valence-corrected chi connectivity index (χ1v) is 6.09. The molecule has 19 heavy (non-hydrogen) atoms. The molecule has 0 bridgehead atoms. The molecule has 7 heteroatoms. The van der Waals surface area contributed by atoms with Gasteiger partial charge in [-0.3, -0.25) is 0 Å². The van der Waals surface area contributed by atoms with Crippen LogP contribution in [-0.2, 0) is 4.65 Å². The van der Waals surface area contributed by atoms with Gasteiger partial charge >= 0.3 is 14.2 Å². The van der Waals surface area contributed by atoms with Crippen molar-refractivity contribution >= 4 is 25.2 Å². The topological polar surface area (TPSA) is 90.2 Å². The standard InChI is InChI=1S/C12H20B2O5/c1-11(2,15)12(3,4)19-14(18)10-7-5-9(6-8-10)13(16)17/h5-8,15-18H,1-4H3. The molecular weight excluding hydrogens is 246 g/mol. The molecule has 0 fully saturated rings. The molecule has 0 aliphatic rings. The zero-order chi connectivity index (χ0) is 14.8. The van der Waals surface area contributed by atoms with Crippen LogP contribution >= 0.6 is 0 Å². The summed E-state index contributed by atoms with van der Waals surface area (Å²) in [7, 11) is -2.74. The van der Waals surface area contributed by atoms with E-state index in [9.17, 15) is 10.1 Å². The van der Waals surface area contributed by atoms with Crippen molar-refractivity contribution in [1.29, 1.82) is 0 Å². The summed E-state index contributed by atoms with van der Waals surface area (Å²) in [5.41, 5.74) is -1.25. The average molecular weight is 266 g/mol. The van der Waals surface area contributed by atoms with Gasteiger partial charge in [0.05, 0.1) is 11.2 Å². The summed E-state index contributed by atoms with van der Waals surface area (Å²) in [6.45, 7) is 6.57. The van der Waals surface area contributed by atoms with Gasteiger partial charge in [-0.1, -0.05) is 24.3 Å². The lowest BCUT2D eigenvalue weighted by Crippen LogP contribution is -2.53. The second kappa shape index (κ2) is 5.64. The first kappa shape index (κ1) is 16.2. The van der Waals surface area contributed by atoms with Gasteiger partial charge in [0.1, 0.15) is 0 Å². The van der Waals surface area contributed by atoms with Gasteiger partial charge < -0.3 is 24.8 Å². The fourth-order valence-electron chi connectivity index (χ4n) is 1.32. The minimum absolute atomic E-state index is 0.331. The van der Waals surface area contributed by atoms with Crippen LogP contribution in [0.2, 0.25) is 0 Å². The van der Waals surface area contributed by atoms with Gasteiger partial charge in [-0.2, -0.15) is 0 Å². The molecule has 0 heterocycles. The van der Waals surface area contributed by atoms with Crippen molar-refractivity contribution in [3.8, 4) is 0 Å². The Morgan fingerprint density at radius 2 is 1.32 bits per heavy atom. The highest BCUT2D eigenvalue weighted by atomic mass is 16.5. The first-order valence-electron chi connectivity index (χ1n) is 6.09. The third kappa shape index (κ3) is 4.06. The van der Waals surface area contributed by atoms with Gasteiger partial charge in [0.25, 0.3) is 0 Å². The summed E-state index contributed by atoms with van der Waals surface area (Å²) in [6.07, 6.45) is 0. The molecule has 0 saturated carbocycles. The van der Waals surface area contributed by atoms with Crippen molar-refractivity contribution in [2.45, 2.75) is 38.9 Å². The van der Waals surface area contributed by atoms with E-state index in [1.165, 1.54) is 12.1 Å². The van der Waals surface area contributed by atoms with Crippen LogP contribution < -0.4 is 10.9 Å². The summed E-state index contributed by atoms with van der Waals surface area (Å²) in [5, 5.41) is 37.9. The Hall–Kier alpha value is -0.850. The van der Waals surface area contributed by atoms with Gasteiger partial charge in [-0.25, -0.2) is 0 Å². The lowest BCUT2D eigenvalue weighted by Gasteiger charge is -2.38. The van der Waals surface area contributed by atoms with Crippen LogP contribution in [-0.4, -0.2) is 45.6 Å². The maximum absolute atomic E-state index is 9.99. The second-order valence-electron chi connectivity index (χ2n) is 5.58. The van der Waals surface area contributed by atoms with Crippen LogP contribution in [0.5, 0.6) is 0 Å². The third-order valence-electron chi connectivity index (χ3n) is 3.40. The molecular formula is C12H20B2O5. The SMILES string of the molecule is CC(C)(O)C(C)(C)OB(O)c1ccc(B(O)O)cc1. The van der Waals surface area contributed by atoms with Crippen molar-refractivity contribution in [1.82, 2.24) is 0 Å². The number of aliphatic hydroxyl groups is 1. The van der Waals surface area contributed by atoms with Gasteiger partial charge in [-0.05, 0) is 38.6 Å². The maximum Gasteiger partial charge on any atom is 0.491 e. The van der Waals surface area contributed by atoms with E-state index in [0.717, 1.165) is 0 Å². The van der Waals surface area contributed by atoms with Gasteiger partial charge in [0.2, 0.25) is 0 Å². The van der Waals surface area contributed by atoms with Crippen LogP contribution in [0.25, 0.3) is 0 Å². The Balaban J connectivity index is 2.81. The molecule has 0 saturated heterocycles. The molecule has 5 nitrogen and oxygen atoms in total. The fourth-order valence-corrected chi connectivity index (χ4v) is 1.32. The van der Waals surface area contributed by atoms with E-state index >= 15 is 0 Å². The summed E-state index contributed by atoms with van der Waals surface area (Å²) in [6, 6.07) is 6.06. The van der Waals surface area contributed by atoms with Crippen LogP contribution in [0.1, 0.15) is 27.7 Å². The molecule has 1 aromatic carbocycles. The van der Waals surface area contributed by atoms with E-state index in [1.807, 2.05) is 0 Å². The van der Waals surface area contributed by atoms with Crippen molar-refractivity contribution in [3.63, 3.8) is 0 Å². The van der Waals surface area contributed by atoms with E-state index < -0.39 is 25.4 Å². The molecule has 0 atom stereocenters. The Labute approximate surface area is 114 Å². The van der Waals surface area contributed by atoms with Crippen LogP contribution in [0.3, 0.4) is 0 Å². The molecule has 1 rings (SSSR count). The van der Waals surface area contributed by atoms with E-state index in [2.05, 4.69) is 0 Å². The monoisotopic (exact) mass is 266 g/mol. The zero-order valence-electron chi connectivity index (χ0n) is 11.7. The highest BCUT2D eigenvalue weighted by Gasteiger charge is 2.39. The van der Waals surface area contributed by atoms with Crippen molar-refractivity contribution in [2.24, 2.45) is 0 Å². The van der Waals surface area contributed by atoms with E-state index in [-0.39, 0.29) is 0 Å². The zero-order valence-corrected chi connectivity index (χ0v) is 11.7. The summed E-state index contributed by atoms with van der Waals surface area (Å²) in [4.78, 5) is 0. The molecule has 0 amide bonds. The van der Waals surface area contributed by atoms with Crippen LogP contribution in [0.4, 0.5) is 0 Å². The highest BCUT2D eigenvalue weighted by Crippen LogP contribution is 2.25. The van der Waals surface area contributed by atoms with Gasteiger partial charge in [0.15, 0.2) is 0 Å². The molecule has 0 aliphatic carbocycles. The molecule has 0 aliphatic heterocycles. The number of benzene rings is 1. The maximum atomic E-state index is 9.99.